The van der Waals surface area contributed by atoms with Gasteiger partial charge in [0.15, 0.2) is 5.82 Å². The highest BCUT2D eigenvalue weighted by Gasteiger charge is 2.30. The van der Waals surface area contributed by atoms with E-state index in [-0.39, 0.29) is 41.1 Å². The molecule has 33 heavy (non-hydrogen) atoms. The average Bonchev–Trinajstić information content (AvgIpc) is 2.73. The van der Waals surface area contributed by atoms with Crippen LogP contribution in [0.3, 0.4) is 0 Å². The SMILES string of the molecule is O=c1cc(N2CCS(O)(O)CC2)nc(-c2ccc(Cl)cc2Cl)n1-c1ccc(C(F)(F)F)cc1. The summed E-state index contributed by atoms with van der Waals surface area (Å²) in [7, 11) is -2.66. The molecule has 1 fully saturated rings. The van der Waals surface area contributed by atoms with Crippen molar-refractivity contribution in [2.45, 2.75) is 6.18 Å². The average molecular weight is 520 g/mol. The van der Waals surface area contributed by atoms with E-state index in [0.717, 1.165) is 12.1 Å². The van der Waals surface area contributed by atoms with Crippen LogP contribution in [0.15, 0.2) is 53.3 Å². The lowest BCUT2D eigenvalue weighted by Gasteiger charge is -2.41. The molecule has 2 heterocycles. The molecule has 12 heteroatoms. The van der Waals surface area contributed by atoms with Crippen molar-refractivity contribution in [3.05, 3.63) is 74.5 Å². The van der Waals surface area contributed by atoms with E-state index < -0.39 is 27.9 Å². The zero-order chi connectivity index (χ0) is 24.0. The Hall–Kier alpha value is -2.24. The Kier molecular flexibility index (Phi) is 6.41. The second-order valence-electron chi connectivity index (χ2n) is 7.48. The first kappa shape index (κ1) is 23.9. The molecule has 0 spiro atoms. The fraction of sp³-hybridized carbons (Fsp3) is 0.238. The number of anilines is 1. The summed E-state index contributed by atoms with van der Waals surface area (Å²) in [5.41, 5.74) is -0.831. The van der Waals surface area contributed by atoms with E-state index in [2.05, 4.69) is 4.98 Å². The van der Waals surface area contributed by atoms with E-state index in [1.807, 2.05) is 0 Å². The lowest BCUT2D eigenvalue weighted by Crippen LogP contribution is -2.39. The highest BCUT2D eigenvalue weighted by atomic mass is 35.5. The molecule has 1 aromatic heterocycles. The summed E-state index contributed by atoms with van der Waals surface area (Å²) in [6, 6.07) is 10.0. The Labute approximate surface area is 198 Å². The Balaban J connectivity index is 1.86. The van der Waals surface area contributed by atoms with E-state index >= 15 is 0 Å². The van der Waals surface area contributed by atoms with Gasteiger partial charge in [-0.25, -0.2) is 4.98 Å². The number of alkyl halides is 3. The number of aromatic nitrogens is 2. The predicted molar refractivity (Wildman–Crippen MR) is 125 cm³/mol. The van der Waals surface area contributed by atoms with Crippen LogP contribution in [0.4, 0.5) is 19.0 Å². The molecule has 4 rings (SSSR count). The standard InChI is InChI=1S/C21H18Cl2F3N3O3S/c22-14-3-6-16(17(23)11-14)20-27-18(28-7-9-33(31,32)10-8-28)12-19(30)29(20)15-4-1-13(2-5-15)21(24,25)26/h1-6,11-12,31-32H,7-10H2. The van der Waals surface area contributed by atoms with Gasteiger partial charge in [0, 0.05) is 29.7 Å². The largest absolute Gasteiger partial charge is 0.416 e. The van der Waals surface area contributed by atoms with Gasteiger partial charge in [0.05, 0.1) is 27.8 Å². The second kappa shape index (κ2) is 8.84. The molecule has 0 unspecified atom stereocenters. The highest BCUT2D eigenvalue weighted by molar-refractivity contribution is 8.24. The molecule has 1 aliphatic heterocycles. The number of hydrogen-bond donors (Lipinski definition) is 2. The van der Waals surface area contributed by atoms with Gasteiger partial charge in [-0.05, 0) is 42.5 Å². The Morgan fingerprint density at radius 2 is 1.61 bits per heavy atom. The van der Waals surface area contributed by atoms with Crippen molar-refractivity contribution in [3.63, 3.8) is 0 Å². The second-order valence-corrected chi connectivity index (χ2v) is 10.7. The summed E-state index contributed by atoms with van der Waals surface area (Å²) in [5.74, 6) is 0.719. The van der Waals surface area contributed by atoms with Crippen LogP contribution in [0.5, 0.6) is 0 Å². The quantitative estimate of drug-likeness (QED) is 0.457. The van der Waals surface area contributed by atoms with Gasteiger partial charge >= 0.3 is 6.18 Å². The van der Waals surface area contributed by atoms with Crippen LogP contribution in [0.2, 0.25) is 10.0 Å². The van der Waals surface area contributed by atoms with Crippen molar-refractivity contribution >= 4 is 39.6 Å². The van der Waals surface area contributed by atoms with Gasteiger partial charge in [0.2, 0.25) is 0 Å². The molecule has 1 aliphatic rings. The van der Waals surface area contributed by atoms with Crippen molar-refractivity contribution in [1.82, 2.24) is 9.55 Å². The third-order valence-electron chi connectivity index (χ3n) is 5.23. The van der Waals surface area contributed by atoms with E-state index in [0.29, 0.717) is 16.4 Å². The first-order chi connectivity index (χ1) is 15.4. The van der Waals surface area contributed by atoms with Gasteiger partial charge in [-0.1, -0.05) is 23.2 Å². The summed E-state index contributed by atoms with van der Waals surface area (Å²) >= 11 is 12.4. The first-order valence-electron chi connectivity index (χ1n) is 9.70. The number of halogens is 5. The van der Waals surface area contributed by atoms with Crippen molar-refractivity contribution in [3.8, 4) is 17.1 Å². The maximum Gasteiger partial charge on any atom is 0.416 e. The summed E-state index contributed by atoms with van der Waals surface area (Å²) in [6.45, 7) is 0.569. The molecule has 0 bridgehead atoms. The Morgan fingerprint density at radius 1 is 0.970 bits per heavy atom. The van der Waals surface area contributed by atoms with Crippen LogP contribution < -0.4 is 10.5 Å². The third-order valence-corrected chi connectivity index (χ3v) is 7.45. The van der Waals surface area contributed by atoms with Gasteiger partial charge in [-0.2, -0.15) is 23.8 Å². The van der Waals surface area contributed by atoms with Crippen LogP contribution in [0.25, 0.3) is 17.1 Å². The summed E-state index contributed by atoms with van der Waals surface area (Å²) < 4.78 is 59.9. The third kappa shape index (κ3) is 5.15. The molecule has 0 saturated carbocycles. The molecule has 3 aromatic rings. The highest BCUT2D eigenvalue weighted by Crippen LogP contribution is 2.41. The maximum atomic E-state index is 13.2. The molecule has 1 saturated heterocycles. The molecule has 2 aromatic carbocycles. The molecule has 2 N–H and O–H groups in total. The molecule has 0 aliphatic carbocycles. The van der Waals surface area contributed by atoms with Crippen LogP contribution in [-0.4, -0.2) is 43.3 Å². The first-order valence-corrected chi connectivity index (χ1v) is 12.3. The summed E-state index contributed by atoms with van der Waals surface area (Å²) in [6.07, 6.45) is -4.52. The number of benzene rings is 2. The minimum atomic E-state index is -4.52. The van der Waals surface area contributed by atoms with E-state index in [1.165, 1.54) is 28.8 Å². The van der Waals surface area contributed by atoms with Crippen molar-refractivity contribution in [1.29, 1.82) is 0 Å². The van der Waals surface area contributed by atoms with E-state index in [4.69, 9.17) is 23.2 Å². The molecule has 0 amide bonds. The van der Waals surface area contributed by atoms with Crippen LogP contribution in [-0.2, 0) is 6.18 Å². The number of nitrogens with zero attached hydrogens (tertiary/aromatic N) is 3. The van der Waals surface area contributed by atoms with Gasteiger partial charge in [-0.3, -0.25) is 18.5 Å². The molecule has 0 radical (unpaired) electrons. The van der Waals surface area contributed by atoms with Gasteiger partial charge in [-0.15, -0.1) is 0 Å². The van der Waals surface area contributed by atoms with Crippen LogP contribution in [0, 0.1) is 0 Å². The van der Waals surface area contributed by atoms with E-state index in [1.54, 1.807) is 17.0 Å². The minimum Gasteiger partial charge on any atom is -0.353 e. The maximum absolute atomic E-state index is 13.2. The fourth-order valence-electron chi connectivity index (χ4n) is 3.49. The van der Waals surface area contributed by atoms with Crippen LogP contribution >= 0.6 is 33.8 Å². The zero-order valence-corrected chi connectivity index (χ0v) is 19.2. The molecule has 0 atom stereocenters. The minimum absolute atomic E-state index is 0.121. The molecular weight excluding hydrogens is 502 g/mol. The Morgan fingerprint density at radius 3 is 2.18 bits per heavy atom. The summed E-state index contributed by atoms with van der Waals surface area (Å²) in [5, 5.41) is 0.574. The fourth-order valence-corrected chi connectivity index (χ4v) is 5.21. The van der Waals surface area contributed by atoms with Gasteiger partial charge in [0.25, 0.3) is 5.56 Å². The van der Waals surface area contributed by atoms with Crippen molar-refractivity contribution in [2.24, 2.45) is 0 Å². The summed E-state index contributed by atoms with van der Waals surface area (Å²) in [4.78, 5) is 19.5. The van der Waals surface area contributed by atoms with Crippen molar-refractivity contribution < 1.29 is 22.3 Å². The van der Waals surface area contributed by atoms with Gasteiger partial charge < -0.3 is 4.90 Å². The lowest BCUT2D eigenvalue weighted by molar-refractivity contribution is -0.137. The number of hydrogen-bond acceptors (Lipinski definition) is 5. The molecular formula is C21H18Cl2F3N3O3S. The monoisotopic (exact) mass is 519 g/mol. The number of rotatable bonds is 3. The lowest BCUT2D eigenvalue weighted by atomic mass is 10.1. The normalized spacial score (nSPS) is 17.1. The molecule has 176 valence electrons. The smallest absolute Gasteiger partial charge is 0.353 e. The Bertz CT molecular complexity index is 1240. The van der Waals surface area contributed by atoms with Crippen molar-refractivity contribution in [2.75, 3.05) is 29.5 Å². The zero-order valence-electron chi connectivity index (χ0n) is 16.9. The van der Waals surface area contributed by atoms with Gasteiger partial charge in [0.1, 0.15) is 5.82 Å². The predicted octanol–water partition coefficient (Wildman–Crippen LogP) is 5.80. The topological polar surface area (TPSA) is 78.6 Å². The van der Waals surface area contributed by atoms with E-state index in [9.17, 15) is 27.1 Å². The van der Waals surface area contributed by atoms with Crippen LogP contribution in [0.1, 0.15) is 5.56 Å². The molecule has 6 nitrogen and oxygen atoms in total.